The van der Waals surface area contributed by atoms with Crippen molar-refractivity contribution in [3.63, 3.8) is 0 Å². The molecular formula is C28H21NO6. The van der Waals surface area contributed by atoms with E-state index in [0.717, 1.165) is 27.8 Å². The summed E-state index contributed by atoms with van der Waals surface area (Å²) in [5.74, 6) is 0.715. The molecule has 1 N–H and O–H groups in total. The van der Waals surface area contributed by atoms with Crippen molar-refractivity contribution in [1.82, 2.24) is 4.57 Å². The Labute approximate surface area is 200 Å². The van der Waals surface area contributed by atoms with Gasteiger partial charge in [-0.15, -0.1) is 0 Å². The molecule has 0 saturated carbocycles. The summed E-state index contributed by atoms with van der Waals surface area (Å²) in [6.45, 7) is 0. The Morgan fingerprint density at radius 2 is 1.94 bits per heavy atom. The van der Waals surface area contributed by atoms with Crippen LogP contribution in [0.2, 0.25) is 0 Å². The van der Waals surface area contributed by atoms with Crippen molar-refractivity contribution in [3.05, 3.63) is 88.8 Å². The van der Waals surface area contributed by atoms with Crippen molar-refractivity contribution in [1.29, 1.82) is 0 Å². The van der Waals surface area contributed by atoms with Gasteiger partial charge < -0.3 is 23.9 Å². The Morgan fingerprint density at radius 1 is 1.09 bits per heavy atom. The fraction of sp³-hybridized carbons (Fsp3) is 0.143. The smallest absolute Gasteiger partial charge is 0.312 e. The van der Waals surface area contributed by atoms with Gasteiger partial charge in [0.25, 0.3) is 0 Å². The van der Waals surface area contributed by atoms with Gasteiger partial charge in [-0.3, -0.25) is 9.59 Å². The fourth-order valence-corrected chi connectivity index (χ4v) is 4.92. The third-order valence-electron chi connectivity index (χ3n) is 6.57. The van der Waals surface area contributed by atoms with Gasteiger partial charge in [-0.25, -0.2) is 0 Å². The summed E-state index contributed by atoms with van der Waals surface area (Å²) in [5, 5.41) is 10.9. The first kappa shape index (κ1) is 21.0. The van der Waals surface area contributed by atoms with Crippen LogP contribution in [0.25, 0.3) is 17.0 Å². The molecule has 6 rings (SSSR count). The number of esters is 1. The van der Waals surface area contributed by atoms with Gasteiger partial charge in [-0.05, 0) is 54.1 Å². The number of phenols is 1. The van der Waals surface area contributed by atoms with Gasteiger partial charge in [0.15, 0.2) is 5.76 Å². The van der Waals surface area contributed by atoms with Gasteiger partial charge in [0.05, 0.1) is 19.1 Å². The van der Waals surface area contributed by atoms with Crippen LogP contribution in [0.3, 0.4) is 0 Å². The molecule has 2 aliphatic heterocycles. The summed E-state index contributed by atoms with van der Waals surface area (Å²) in [5.41, 5.74) is 3.60. The molecular weight excluding hydrogens is 446 g/mol. The van der Waals surface area contributed by atoms with Crippen LogP contribution in [0.5, 0.6) is 23.0 Å². The number of methoxy groups -OCH3 is 1. The largest absolute Gasteiger partial charge is 0.508 e. The van der Waals surface area contributed by atoms with E-state index in [-0.39, 0.29) is 29.7 Å². The number of ketones is 1. The number of nitrogens with zero attached hydrogens (tertiary/aromatic N) is 1. The minimum absolute atomic E-state index is 0.0760. The number of Topliss-reactive ketones (excluding diaryl/α,β-unsaturated/α-hetero) is 1. The minimum Gasteiger partial charge on any atom is -0.508 e. The zero-order chi connectivity index (χ0) is 24.3. The number of aromatic nitrogens is 1. The molecule has 7 nitrogen and oxygen atoms in total. The molecule has 2 aliphatic rings. The maximum Gasteiger partial charge on any atom is 0.312 e. The molecule has 0 unspecified atom stereocenters. The summed E-state index contributed by atoms with van der Waals surface area (Å²) >= 11 is 0. The zero-order valence-electron chi connectivity index (χ0n) is 19.1. The highest BCUT2D eigenvalue weighted by Crippen LogP contribution is 2.49. The first-order chi connectivity index (χ1) is 16.9. The van der Waals surface area contributed by atoms with Crippen LogP contribution in [0.15, 0.2) is 66.6 Å². The second-order valence-electron chi connectivity index (χ2n) is 8.70. The lowest BCUT2D eigenvalue weighted by Crippen LogP contribution is -2.21. The van der Waals surface area contributed by atoms with E-state index in [1.54, 1.807) is 43.5 Å². The average Bonchev–Trinajstić information content (AvgIpc) is 3.34. The Hall–Kier alpha value is -4.52. The standard InChI is InChI=1S/C28H21NO6/c1-29-14-16(20-12-18(33-2)6-8-22(20)29)11-24-27(32)19-7-9-23-26(28(19)35-24)21(13-25(31)34-23)15-4-3-5-17(30)10-15/h3-12,14,21,30H,13H2,1-2H3/b24-11-/t21-/m0/s1. The zero-order valence-corrected chi connectivity index (χ0v) is 19.1. The second kappa shape index (κ2) is 7.77. The van der Waals surface area contributed by atoms with Crippen molar-refractivity contribution in [2.75, 3.05) is 7.11 Å². The lowest BCUT2D eigenvalue weighted by Gasteiger charge is -2.26. The number of phenolic OH excluding ortho intramolecular Hbond substituents is 1. The summed E-state index contributed by atoms with van der Waals surface area (Å²) in [4.78, 5) is 25.7. The average molecular weight is 467 g/mol. The van der Waals surface area contributed by atoms with Crippen LogP contribution in [-0.4, -0.2) is 28.5 Å². The van der Waals surface area contributed by atoms with E-state index >= 15 is 0 Å². The van der Waals surface area contributed by atoms with Crippen LogP contribution in [0.4, 0.5) is 0 Å². The first-order valence-electron chi connectivity index (χ1n) is 11.2. The SMILES string of the molecule is COc1ccc2c(c1)c(/C=C1\Oc3c(ccc4c3[C@H](c3cccc(O)c3)CC(=O)O4)C1=O)cn2C. The number of hydrogen-bond donors (Lipinski definition) is 1. The van der Waals surface area contributed by atoms with E-state index in [4.69, 9.17) is 14.2 Å². The van der Waals surface area contributed by atoms with Gasteiger partial charge >= 0.3 is 5.97 Å². The quantitative estimate of drug-likeness (QED) is 0.261. The normalized spacial score (nSPS) is 17.8. The molecule has 174 valence electrons. The van der Waals surface area contributed by atoms with Crippen LogP contribution in [0, 0.1) is 0 Å². The Morgan fingerprint density at radius 3 is 2.74 bits per heavy atom. The van der Waals surface area contributed by atoms with Gasteiger partial charge in [0.1, 0.15) is 23.0 Å². The minimum atomic E-state index is -0.415. The lowest BCUT2D eigenvalue weighted by molar-refractivity contribution is -0.135. The van der Waals surface area contributed by atoms with Crippen LogP contribution < -0.4 is 14.2 Å². The fourth-order valence-electron chi connectivity index (χ4n) is 4.92. The van der Waals surface area contributed by atoms with Crippen LogP contribution >= 0.6 is 0 Å². The number of benzene rings is 3. The van der Waals surface area contributed by atoms with Gasteiger partial charge in [-0.2, -0.15) is 0 Å². The highest BCUT2D eigenvalue weighted by molar-refractivity contribution is 6.15. The Kier molecular flexibility index (Phi) is 4.67. The number of rotatable bonds is 3. The summed E-state index contributed by atoms with van der Waals surface area (Å²) in [6.07, 6.45) is 3.74. The van der Waals surface area contributed by atoms with Crippen LogP contribution in [-0.2, 0) is 11.8 Å². The Bertz CT molecular complexity index is 1580. The monoisotopic (exact) mass is 467 g/mol. The molecule has 0 amide bonds. The topological polar surface area (TPSA) is 87.0 Å². The number of allylic oxidation sites excluding steroid dienone is 1. The third-order valence-corrected chi connectivity index (χ3v) is 6.57. The molecule has 3 heterocycles. The molecule has 0 aliphatic carbocycles. The molecule has 0 radical (unpaired) electrons. The van der Waals surface area contributed by atoms with Crippen molar-refractivity contribution >= 4 is 28.7 Å². The predicted molar refractivity (Wildman–Crippen MR) is 129 cm³/mol. The number of aromatic hydroxyl groups is 1. The number of carbonyl (C=O) groups excluding carboxylic acids is 2. The van der Waals surface area contributed by atoms with E-state index < -0.39 is 5.92 Å². The van der Waals surface area contributed by atoms with E-state index in [1.807, 2.05) is 42.1 Å². The molecule has 7 heteroatoms. The lowest BCUT2D eigenvalue weighted by atomic mass is 9.84. The van der Waals surface area contributed by atoms with E-state index in [1.165, 1.54) is 0 Å². The van der Waals surface area contributed by atoms with Gasteiger partial charge in [0.2, 0.25) is 5.78 Å². The van der Waals surface area contributed by atoms with E-state index in [2.05, 4.69) is 0 Å². The number of ether oxygens (including phenoxy) is 3. The molecule has 1 aromatic heterocycles. The highest BCUT2D eigenvalue weighted by atomic mass is 16.5. The summed E-state index contributed by atoms with van der Waals surface area (Å²) in [6, 6.07) is 15.8. The van der Waals surface area contributed by atoms with Crippen molar-refractivity contribution in [2.45, 2.75) is 12.3 Å². The molecule has 0 spiro atoms. The van der Waals surface area contributed by atoms with Gasteiger partial charge in [0, 0.05) is 41.2 Å². The maximum absolute atomic E-state index is 13.3. The number of aryl methyl sites for hydroxylation is 1. The molecule has 4 aromatic rings. The summed E-state index contributed by atoms with van der Waals surface area (Å²) < 4.78 is 19.0. The number of carbonyl (C=O) groups is 2. The Balaban J connectivity index is 1.47. The van der Waals surface area contributed by atoms with Crippen molar-refractivity contribution in [3.8, 4) is 23.0 Å². The third kappa shape index (κ3) is 3.35. The van der Waals surface area contributed by atoms with E-state index in [9.17, 15) is 14.7 Å². The van der Waals surface area contributed by atoms with E-state index in [0.29, 0.717) is 22.6 Å². The molecule has 3 aromatic carbocycles. The first-order valence-corrected chi connectivity index (χ1v) is 11.2. The summed E-state index contributed by atoms with van der Waals surface area (Å²) in [7, 11) is 3.55. The number of fused-ring (bicyclic) bond motifs is 4. The molecule has 0 fully saturated rings. The van der Waals surface area contributed by atoms with Crippen molar-refractivity contribution < 1.29 is 28.9 Å². The molecule has 0 bridgehead atoms. The van der Waals surface area contributed by atoms with Gasteiger partial charge in [-0.1, -0.05) is 12.1 Å². The predicted octanol–water partition coefficient (Wildman–Crippen LogP) is 4.95. The van der Waals surface area contributed by atoms with Crippen LogP contribution in [0.1, 0.15) is 39.4 Å². The second-order valence-corrected chi connectivity index (χ2v) is 8.70. The number of hydrogen-bond acceptors (Lipinski definition) is 6. The molecule has 0 saturated heterocycles. The highest BCUT2D eigenvalue weighted by Gasteiger charge is 2.38. The molecule has 1 atom stereocenters. The van der Waals surface area contributed by atoms with Crippen molar-refractivity contribution in [2.24, 2.45) is 7.05 Å². The molecule has 35 heavy (non-hydrogen) atoms. The maximum atomic E-state index is 13.3.